The van der Waals surface area contributed by atoms with E-state index >= 15 is 0 Å². The number of nitrogens with one attached hydrogen (secondary N) is 1. The molecular formula is C13H18N2O2. The number of esters is 1. The van der Waals surface area contributed by atoms with Crippen molar-refractivity contribution >= 4 is 17.7 Å². The zero-order valence-electron chi connectivity index (χ0n) is 10.2. The summed E-state index contributed by atoms with van der Waals surface area (Å²) < 4.78 is 4.66. The first-order valence-corrected chi connectivity index (χ1v) is 5.47. The number of anilines is 1. The van der Waals surface area contributed by atoms with Gasteiger partial charge in [-0.05, 0) is 43.8 Å². The molecule has 0 aromatic heterocycles. The number of hydrogen-bond donors (Lipinski definition) is 2. The zero-order valence-corrected chi connectivity index (χ0v) is 10.2. The highest BCUT2D eigenvalue weighted by atomic mass is 16.5. The normalized spacial score (nSPS) is 10.7. The van der Waals surface area contributed by atoms with Gasteiger partial charge in [-0.15, -0.1) is 0 Å². The molecule has 3 N–H and O–H groups in total. The van der Waals surface area contributed by atoms with Gasteiger partial charge in [-0.1, -0.05) is 12.2 Å². The van der Waals surface area contributed by atoms with Crippen LogP contribution < -0.4 is 11.1 Å². The van der Waals surface area contributed by atoms with Crippen LogP contribution in [0, 0.1) is 0 Å². The van der Waals surface area contributed by atoms with Gasteiger partial charge in [0.15, 0.2) is 0 Å². The lowest BCUT2D eigenvalue weighted by Crippen LogP contribution is -2.05. The van der Waals surface area contributed by atoms with E-state index in [-0.39, 0.29) is 5.97 Å². The summed E-state index contributed by atoms with van der Waals surface area (Å²) in [5.74, 6) is -0.373. The van der Waals surface area contributed by atoms with Gasteiger partial charge in [0.2, 0.25) is 0 Å². The molecule has 0 saturated heterocycles. The maximum Gasteiger partial charge on any atom is 0.337 e. The molecule has 0 atom stereocenters. The monoisotopic (exact) mass is 234 g/mol. The van der Waals surface area contributed by atoms with Crippen LogP contribution in [0.5, 0.6) is 0 Å². The minimum absolute atomic E-state index is 0.373. The molecule has 92 valence electrons. The van der Waals surface area contributed by atoms with Crippen molar-refractivity contribution in [2.45, 2.75) is 6.42 Å². The van der Waals surface area contributed by atoms with Crippen LogP contribution in [0.3, 0.4) is 0 Å². The molecule has 0 unspecified atom stereocenters. The van der Waals surface area contributed by atoms with Gasteiger partial charge in [-0.2, -0.15) is 0 Å². The van der Waals surface area contributed by atoms with Gasteiger partial charge in [0.05, 0.1) is 12.7 Å². The van der Waals surface area contributed by atoms with E-state index in [1.54, 1.807) is 12.1 Å². The van der Waals surface area contributed by atoms with Crippen molar-refractivity contribution in [2.24, 2.45) is 0 Å². The topological polar surface area (TPSA) is 64.3 Å². The molecule has 0 spiro atoms. The minimum Gasteiger partial charge on any atom is -0.465 e. The van der Waals surface area contributed by atoms with Crippen molar-refractivity contribution in [3.05, 3.63) is 35.4 Å². The third-order valence-corrected chi connectivity index (χ3v) is 2.27. The summed E-state index contributed by atoms with van der Waals surface area (Å²) in [5.41, 5.74) is 7.66. The largest absolute Gasteiger partial charge is 0.465 e. The molecule has 0 saturated carbocycles. The first-order valence-electron chi connectivity index (χ1n) is 5.47. The second kappa shape index (κ2) is 6.70. The molecule has 17 heavy (non-hydrogen) atoms. The summed E-state index contributed by atoms with van der Waals surface area (Å²) in [5, 5.41) is 3.05. The molecule has 0 aliphatic carbocycles. The highest BCUT2D eigenvalue weighted by Crippen LogP contribution is 2.14. The molecule has 1 rings (SSSR count). The quantitative estimate of drug-likeness (QED) is 0.462. The second-order valence-electron chi connectivity index (χ2n) is 3.67. The summed E-state index contributed by atoms with van der Waals surface area (Å²) in [6.07, 6.45) is 4.91. The number of nitrogen functional groups attached to an aromatic ring is 1. The van der Waals surface area contributed by atoms with Crippen LogP contribution in [0.15, 0.2) is 24.3 Å². The number of hydrogen-bond acceptors (Lipinski definition) is 4. The Morgan fingerprint density at radius 2 is 2.24 bits per heavy atom. The summed E-state index contributed by atoms with van der Waals surface area (Å²) >= 11 is 0. The average molecular weight is 234 g/mol. The smallest absolute Gasteiger partial charge is 0.337 e. The molecule has 0 amide bonds. The lowest BCUT2D eigenvalue weighted by Gasteiger charge is -2.03. The molecule has 1 aromatic carbocycles. The van der Waals surface area contributed by atoms with Crippen LogP contribution in [0.1, 0.15) is 22.3 Å². The Balaban J connectivity index is 2.82. The molecular weight excluding hydrogens is 216 g/mol. The number of rotatable bonds is 5. The Morgan fingerprint density at radius 3 is 2.88 bits per heavy atom. The molecule has 4 heteroatoms. The van der Waals surface area contributed by atoms with Gasteiger partial charge in [0, 0.05) is 5.69 Å². The lowest BCUT2D eigenvalue weighted by molar-refractivity contribution is 0.0601. The number of carbonyl (C=O) groups excluding carboxylic acids is 1. The summed E-state index contributed by atoms with van der Waals surface area (Å²) in [7, 11) is 3.26. The molecule has 1 aromatic rings. The van der Waals surface area contributed by atoms with E-state index in [0.29, 0.717) is 11.3 Å². The number of benzene rings is 1. The van der Waals surface area contributed by atoms with Crippen molar-refractivity contribution in [1.82, 2.24) is 5.32 Å². The van der Waals surface area contributed by atoms with Gasteiger partial charge < -0.3 is 15.8 Å². The molecule has 0 aliphatic heterocycles. The van der Waals surface area contributed by atoms with E-state index in [2.05, 4.69) is 10.1 Å². The maximum absolute atomic E-state index is 11.4. The second-order valence-corrected chi connectivity index (χ2v) is 3.67. The average Bonchev–Trinajstić information content (AvgIpc) is 2.33. The highest BCUT2D eigenvalue weighted by molar-refractivity contribution is 5.91. The van der Waals surface area contributed by atoms with Gasteiger partial charge in [-0.25, -0.2) is 4.79 Å². The Morgan fingerprint density at radius 1 is 1.47 bits per heavy atom. The maximum atomic E-state index is 11.4. The summed E-state index contributed by atoms with van der Waals surface area (Å²) in [6.45, 7) is 0.919. The van der Waals surface area contributed by atoms with Crippen molar-refractivity contribution in [2.75, 3.05) is 26.4 Å². The third kappa shape index (κ3) is 4.28. The molecule has 0 radical (unpaired) electrons. The SMILES string of the molecule is CNCCC=Cc1cc(N)cc(C(=O)OC)c1. The summed E-state index contributed by atoms with van der Waals surface area (Å²) in [6, 6.07) is 5.19. The van der Waals surface area contributed by atoms with Crippen LogP contribution in [-0.4, -0.2) is 26.7 Å². The third-order valence-electron chi connectivity index (χ3n) is 2.27. The van der Waals surface area contributed by atoms with E-state index in [0.717, 1.165) is 18.5 Å². The first kappa shape index (κ1) is 13.3. The van der Waals surface area contributed by atoms with Crippen molar-refractivity contribution in [3.8, 4) is 0 Å². The minimum atomic E-state index is -0.373. The predicted octanol–water partition coefficient (Wildman–Crippen LogP) is 1.68. The Kier molecular flexibility index (Phi) is 5.23. The van der Waals surface area contributed by atoms with Crippen molar-refractivity contribution in [3.63, 3.8) is 0 Å². The van der Waals surface area contributed by atoms with Gasteiger partial charge >= 0.3 is 5.97 Å². The number of nitrogens with two attached hydrogens (primary N) is 1. The van der Waals surface area contributed by atoms with Gasteiger partial charge in [0.25, 0.3) is 0 Å². The Hall–Kier alpha value is -1.81. The molecule has 0 bridgehead atoms. The fourth-order valence-corrected chi connectivity index (χ4v) is 1.46. The molecule has 0 aliphatic rings. The fourth-order valence-electron chi connectivity index (χ4n) is 1.46. The van der Waals surface area contributed by atoms with E-state index in [1.165, 1.54) is 7.11 Å². The van der Waals surface area contributed by atoms with Crippen LogP contribution >= 0.6 is 0 Å². The van der Waals surface area contributed by atoms with Gasteiger partial charge in [0.1, 0.15) is 0 Å². The molecule has 4 nitrogen and oxygen atoms in total. The van der Waals surface area contributed by atoms with Crippen LogP contribution in [-0.2, 0) is 4.74 Å². The highest BCUT2D eigenvalue weighted by Gasteiger charge is 2.06. The summed E-state index contributed by atoms with van der Waals surface area (Å²) in [4.78, 5) is 11.4. The van der Waals surface area contributed by atoms with Gasteiger partial charge in [-0.3, -0.25) is 0 Å². The van der Waals surface area contributed by atoms with E-state index in [4.69, 9.17) is 5.73 Å². The lowest BCUT2D eigenvalue weighted by atomic mass is 10.1. The number of carbonyl (C=O) groups is 1. The standard InChI is InChI=1S/C13H18N2O2/c1-15-6-4-3-5-10-7-11(13(16)17-2)9-12(14)8-10/h3,5,7-9,15H,4,6,14H2,1-2H3. The Bertz CT molecular complexity index is 414. The van der Waals surface area contributed by atoms with E-state index in [9.17, 15) is 4.79 Å². The Labute approximate surface area is 101 Å². The number of ether oxygens (including phenoxy) is 1. The van der Waals surface area contributed by atoms with Crippen LogP contribution in [0.2, 0.25) is 0 Å². The fraction of sp³-hybridized carbons (Fsp3) is 0.308. The van der Waals surface area contributed by atoms with E-state index in [1.807, 2.05) is 25.3 Å². The van der Waals surface area contributed by atoms with Crippen LogP contribution in [0.4, 0.5) is 5.69 Å². The predicted molar refractivity (Wildman–Crippen MR) is 69.8 cm³/mol. The van der Waals surface area contributed by atoms with Crippen molar-refractivity contribution < 1.29 is 9.53 Å². The van der Waals surface area contributed by atoms with Crippen LogP contribution in [0.25, 0.3) is 6.08 Å². The first-order chi connectivity index (χ1) is 8.17. The molecule has 0 fully saturated rings. The van der Waals surface area contributed by atoms with Crippen molar-refractivity contribution in [1.29, 1.82) is 0 Å². The molecule has 0 heterocycles. The number of methoxy groups -OCH3 is 1. The van der Waals surface area contributed by atoms with E-state index < -0.39 is 0 Å². The zero-order chi connectivity index (χ0) is 12.7.